The highest BCUT2D eigenvalue weighted by atomic mass is 32.1. The van der Waals surface area contributed by atoms with Crippen LogP contribution in [0.2, 0.25) is 0 Å². The van der Waals surface area contributed by atoms with Gasteiger partial charge in [0.25, 0.3) is 0 Å². The number of fused-ring (bicyclic) bond motifs is 17. The highest BCUT2D eigenvalue weighted by molar-refractivity contribution is 7.25. The van der Waals surface area contributed by atoms with E-state index in [0.29, 0.717) is 0 Å². The van der Waals surface area contributed by atoms with Crippen LogP contribution in [0.4, 0.5) is 0 Å². The molecule has 0 aliphatic carbocycles. The molecule has 4 heterocycles. The fourth-order valence-electron chi connectivity index (χ4n) is 9.15. The fraction of sp³-hybridized carbons (Fsp3) is 0. The van der Waals surface area contributed by atoms with Gasteiger partial charge in [0.15, 0.2) is 5.82 Å². The maximum absolute atomic E-state index is 6.28. The fourth-order valence-corrected chi connectivity index (χ4v) is 10.2. The number of benzene rings is 9. The quantitative estimate of drug-likeness (QED) is 0.167. The van der Waals surface area contributed by atoms with E-state index in [4.69, 9.17) is 14.4 Å². The molecule has 0 aliphatic heterocycles. The Kier molecular flexibility index (Phi) is 5.74. The molecule has 0 saturated carbocycles. The molecule has 55 heavy (non-hydrogen) atoms. The number of hydrogen-bond acceptors (Lipinski definition) is 4. The summed E-state index contributed by atoms with van der Waals surface area (Å²) < 4.78 is 9.84. The van der Waals surface area contributed by atoms with E-state index in [1.165, 1.54) is 58.6 Å². The van der Waals surface area contributed by atoms with Crippen LogP contribution < -0.4 is 0 Å². The van der Waals surface area contributed by atoms with Crippen LogP contribution in [0.3, 0.4) is 0 Å². The number of furan rings is 1. The summed E-state index contributed by atoms with van der Waals surface area (Å²) in [6.07, 6.45) is 0. The van der Waals surface area contributed by atoms with E-state index >= 15 is 0 Å². The molecule has 0 N–H and O–H groups in total. The van der Waals surface area contributed by atoms with E-state index in [1.807, 2.05) is 12.1 Å². The predicted octanol–water partition coefficient (Wildman–Crippen LogP) is 14.1. The third kappa shape index (κ3) is 4.00. The van der Waals surface area contributed by atoms with Crippen LogP contribution in [-0.4, -0.2) is 14.5 Å². The molecular weight excluding hydrogens is 691 g/mol. The standard InChI is InChI=1S/C50H27N3OS/c1-2-12-29-27-41-39(25-28(29)11-1)46-40(23-22-36-33-15-4-3-13-31(33)32-14-5-6-17-35(32)45(36)46)53(41)49-47(52-50-48(51-49)37-18-8-10-20-44(37)55-50)30-21-24-43-38(26-30)34-16-7-9-19-42(34)54-43/h1-27H. The maximum Gasteiger partial charge on any atom is 0.165 e. The van der Waals surface area contributed by atoms with E-state index in [9.17, 15) is 0 Å². The van der Waals surface area contributed by atoms with Gasteiger partial charge >= 0.3 is 0 Å². The SMILES string of the molecule is c1ccc2cc3c(cc2c1)c1c2c4ccccc4c4ccccc4c2ccc1n3-c1nc2c(nc1-c1ccc3oc4ccccc4c3c1)sc1ccccc12. The zero-order valence-electron chi connectivity index (χ0n) is 29.2. The van der Waals surface area contributed by atoms with Crippen molar-refractivity contribution in [3.05, 3.63) is 164 Å². The number of para-hydroxylation sites is 1. The van der Waals surface area contributed by atoms with Gasteiger partial charge in [0.1, 0.15) is 27.2 Å². The van der Waals surface area contributed by atoms with E-state index in [2.05, 4.69) is 156 Å². The van der Waals surface area contributed by atoms with E-state index in [1.54, 1.807) is 11.3 Å². The zero-order valence-corrected chi connectivity index (χ0v) is 30.1. The predicted molar refractivity (Wildman–Crippen MR) is 232 cm³/mol. The Labute approximate surface area is 317 Å². The summed E-state index contributed by atoms with van der Waals surface area (Å²) in [5.74, 6) is 0.808. The van der Waals surface area contributed by atoms with E-state index in [-0.39, 0.29) is 0 Å². The third-order valence-electron chi connectivity index (χ3n) is 11.6. The normalized spacial score (nSPS) is 12.4. The van der Waals surface area contributed by atoms with Crippen molar-refractivity contribution in [1.82, 2.24) is 14.5 Å². The minimum atomic E-state index is 0.808. The lowest BCUT2D eigenvalue weighted by Gasteiger charge is -2.14. The van der Waals surface area contributed by atoms with Crippen LogP contribution in [0.25, 0.3) is 124 Å². The zero-order chi connectivity index (χ0) is 35.8. The second-order valence-electron chi connectivity index (χ2n) is 14.5. The summed E-state index contributed by atoms with van der Waals surface area (Å²) in [6, 6.07) is 58.9. The Balaban J connectivity index is 1.24. The Bertz CT molecular complexity index is 3760. The van der Waals surface area contributed by atoms with Gasteiger partial charge in [0, 0.05) is 42.6 Å². The Morgan fingerprint density at radius 1 is 0.436 bits per heavy atom. The molecule has 0 fully saturated rings. The summed E-state index contributed by atoms with van der Waals surface area (Å²) >= 11 is 1.70. The number of hydrogen-bond donors (Lipinski definition) is 0. The largest absolute Gasteiger partial charge is 0.456 e. The van der Waals surface area contributed by atoms with E-state index in [0.717, 1.165) is 65.8 Å². The minimum Gasteiger partial charge on any atom is -0.456 e. The van der Waals surface area contributed by atoms with E-state index < -0.39 is 0 Å². The molecule has 13 aromatic rings. The molecule has 4 aromatic heterocycles. The van der Waals surface area contributed by atoms with Gasteiger partial charge in [-0.3, -0.25) is 4.57 Å². The van der Waals surface area contributed by atoms with Gasteiger partial charge in [-0.15, -0.1) is 11.3 Å². The van der Waals surface area contributed by atoms with Gasteiger partial charge < -0.3 is 4.42 Å². The highest BCUT2D eigenvalue weighted by Gasteiger charge is 2.24. The van der Waals surface area contributed by atoms with Gasteiger partial charge in [-0.25, -0.2) is 9.97 Å². The first-order valence-electron chi connectivity index (χ1n) is 18.6. The first kappa shape index (κ1) is 29.4. The molecule has 0 spiro atoms. The van der Waals surface area contributed by atoms with Crippen molar-refractivity contribution in [1.29, 1.82) is 0 Å². The molecule has 0 unspecified atom stereocenters. The van der Waals surface area contributed by atoms with Crippen LogP contribution in [0.5, 0.6) is 0 Å². The first-order chi connectivity index (χ1) is 27.3. The molecule has 13 rings (SSSR count). The minimum absolute atomic E-state index is 0.808. The molecule has 254 valence electrons. The van der Waals surface area contributed by atoms with Gasteiger partial charge in [0.2, 0.25) is 0 Å². The summed E-state index contributed by atoms with van der Waals surface area (Å²) in [5.41, 5.74) is 6.68. The average Bonchev–Trinajstić information content (AvgIpc) is 3.91. The molecule has 0 atom stereocenters. The molecule has 0 amide bonds. The summed E-state index contributed by atoms with van der Waals surface area (Å²) in [4.78, 5) is 12.1. The maximum atomic E-state index is 6.28. The van der Waals surface area contributed by atoms with Gasteiger partial charge in [-0.05, 0) is 86.2 Å². The van der Waals surface area contributed by atoms with Crippen molar-refractivity contribution in [2.24, 2.45) is 0 Å². The topological polar surface area (TPSA) is 43.9 Å². The molecule has 0 radical (unpaired) electrons. The second kappa shape index (κ2) is 10.8. The summed E-state index contributed by atoms with van der Waals surface area (Å²) in [5, 5.41) is 15.6. The molecule has 9 aromatic carbocycles. The van der Waals surface area contributed by atoms with Gasteiger partial charge in [0.05, 0.1) is 11.0 Å². The van der Waals surface area contributed by atoms with Gasteiger partial charge in [-0.1, -0.05) is 115 Å². The van der Waals surface area contributed by atoms with Gasteiger partial charge in [-0.2, -0.15) is 0 Å². The van der Waals surface area contributed by atoms with Crippen molar-refractivity contribution in [3.8, 4) is 17.1 Å². The molecule has 5 heteroatoms. The monoisotopic (exact) mass is 717 g/mol. The van der Waals surface area contributed by atoms with Crippen molar-refractivity contribution in [2.75, 3.05) is 0 Å². The van der Waals surface area contributed by atoms with Crippen LogP contribution in [0, 0.1) is 0 Å². The highest BCUT2D eigenvalue weighted by Crippen LogP contribution is 2.46. The number of nitrogens with zero attached hydrogens (tertiary/aromatic N) is 3. The number of thiophene rings is 1. The van der Waals surface area contributed by atoms with Crippen molar-refractivity contribution in [3.63, 3.8) is 0 Å². The van der Waals surface area contributed by atoms with Crippen molar-refractivity contribution >= 4 is 119 Å². The molecule has 4 nitrogen and oxygen atoms in total. The van der Waals surface area contributed by atoms with Crippen LogP contribution >= 0.6 is 11.3 Å². The number of aromatic nitrogens is 3. The van der Waals surface area contributed by atoms with Crippen LogP contribution in [0.15, 0.2) is 168 Å². The molecule has 0 bridgehead atoms. The summed E-state index contributed by atoms with van der Waals surface area (Å²) in [7, 11) is 0. The van der Waals surface area contributed by atoms with Crippen molar-refractivity contribution in [2.45, 2.75) is 0 Å². The first-order valence-corrected chi connectivity index (χ1v) is 19.4. The Morgan fingerprint density at radius 3 is 1.89 bits per heavy atom. The van der Waals surface area contributed by atoms with Crippen molar-refractivity contribution < 1.29 is 4.42 Å². The lowest BCUT2D eigenvalue weighted by atomic mass is 9.91. The average molecular weight is 718 g/mol. The smallest absolute Gasteiger partial charge is 0.165 e. The Morgan fingerprint density at radius 2 is 1.07 bits per heavy atom. The lowest BCUT2D eigenvalue weighted by molar-refractivity contribution is 0.669. The van der Waals surface area contributed by atoms with Crippen LogP contribution in [-0.2, 0) is 0 Å². The third-order valence-corrected chi connectivity index (χ3v) is 12.6. The number of rotatable bonds is 2. The molecule has 0 aliphatic rings. The lowest BCUT2D eigenvalue weighted by Crippen LogP contribution is -2.03. The van der Waals surface area contributed by atoms with Crippen LogP contribution in [0.1, 0.15) is 0 Å². The summed E-state index contributed by atoms with van der Waals surface area (Å²) in [6.45, 7) is 0. The molecule has 0 saturated heterocycles. The molecular formula is C50H27N3OS. The Hall–Kier alpha value is -7.08. The second-order valence-corrected chi connectivity index (χ2v) is 15.5.